The second kappa shape index (κ2) is 4.72. The molecule has 1 unspecified atom stereocenters. The fourth-order valence-corrected chi connectivity index (χ4v) is 2.40. The van der Waals surface area contributed by atoms with Crippen LogP contribution in [0.3, 0.4) is 0 Å². The SMILES string of the molecule is Cc1cc(N2CCC(CO)C2)c(C#N)c(C)n1. The molecule has 0 aliphatic carbocycles. The van der Waals surface area contributed by atoms with Crippen molar-refractivity contribution in [1.29, 1.82) is 5.26 Å². The van der Waals surface area contributed by atoms with Crippen LogP contribution in [0.4, 0.5) is 5.69 Å². The zero-order valence-electron chi connectivity index (χ0n) is 10.3. The molecule has 4 heteroatoms. The summed E-state index contributed by atoms with van der Waals surface area (Å²) in [6.07, 6.45) is 0.988. The monoisotopic (exact) mass is 231 g/mol. The quantitative estimate of drug-likeness (QED) is 0.835. The molecule has 90 valence electrons. The molecule has 0 aromatic carbocycles. The lowest BCUT2D eigenvalue weighted by atomic mass is 10.1. The average Bonchev–Trinajstić information content (AvgIpc) is 2.76. The molecule has 2 rings (SSSR count). The van der Waals surface area contributed by atoms with Crippen LogP contribution in [0.15, 0.2) is 6.07 Å². The van der Waals surface area contributed by atoms with Crippen LogP contribution >= 0.6 is 0 Å². The number of nitriles is 1. The van der Waals surface area contributed by atoms with E-state index in [-0.39, 0.29) is 6.61 Å². The lowest BCUT2D eigenvalue weighted by Crippen LogP contribution is -2.22. The van der Waals surface area contributed by atoms with Crippen molar-refractivity contribution < 1.29 is 5.11 Å². The van der Waals surface area contributed by atoms with Crippen LogP contribution in [0.25, 0.3) is 0 Å². The number of pyridine rings is 1. The normalized spacial score (nSPS) is 19.4. The van der Waals surface area contributed by atoms with Gasteiger partial charge in [0.15, 0.2) is 0 Å². The Balaban J connectivity index is 2.36. The van der Waals surface area contributed by atoms with Crippen LogP contribution in [-0.2, 0) is 0 Å². The topological polar surface area (TPSA) is 60.1 Å². The minimum Gasteiger partial charge on any atom is -0.396 e. The van der Waals surface area contributed by atoms with Gasteiger partial charge in [0.05, 0.1) is 16.9 Å². The number of hydrogen-bond acceptors (Lipinski definition) is 4. The second-order valence-corrected chi connectivity index (χ2v) is 4.64. The molecule has 0 amide bonds. The molecule has 1 aliphatic heterocycles. The molecule has 2 heterocycles. The van der Waals surface area contributed by atoms with Crippen molar-refractivity contribution in [3.05, 3.63) is 23.0 Å². The van der Waals surface area contributed by atoms with Gasteiger partial charge in [-0.05, 0) is 26.3 Å². The van der Waals surface area contributed by atoms with Crippen molar-refractivity contribution >= 4 is 5.69 Å². The summed E-state index contributed by atoms with van der Waals surface area (Å²) in [7, 11) is 0. The van der Waals surface area contributed by atoms with Crippen molar-refractivity contribution in [3.8, 4) is 6.07 Å². The second-order valence-electron chi connectivity index (χ2n) is 4.64. The number of aromatic nitrogens is 1. The number of hydrogen-bond donors (Lipinski definition) is 1. The number of nitrogens with zero attached hydrogens (tertiary/aromatic N) is 3. The zero-order valence-corrected chi connectivity index (χ0v) is 10.3. The lowest BCUT2D eigenvalue weighted by molar-refractivity contribution is 0.238. The molecule has 0 spiro atoms. The maximum absolute atomic E-state index is 9.21. The van der Waals surface area contributed by atoms with E-state index in [9.17, 15) is 5.26 Å². The highest BCUT2D eigenvalue weighted by Gasteiger charge is 2.24. The van der Waals surface area contributed by atoms with Crippen molar-refractivity contribution in [3.63, 3.8) is 0 Å². The van der Waals surface area contributed by atoms with Crippen LogP contribution in [0, 0.1) is 31.1 Å². The van der Waals surface area contributed by atoms with Crippen LogP contribution in [0.5, 0.6) is 0 Å². The molecule has 4 nitrogen and oxygen atoms in total. The molecule has 1 aromatic heterocycles. The molecule has 1 fully saturated rings. The number of aliphatic hydroxyl groups is 1. The van der Waals surface area contributed by atoms with Crippen molar-refractivity contribution in [2.75, 3.05) is 24.6 Å². The summed E-state index contributed by atoms with van der Waals surface area (Å²) < 4.78 is 0. The van der Waals surface area contributed by atoms with Crippen LogP contribution in [0.2, 0.25) is 0 Å². The third-order valence-electron chi connectivity index (χ3n) is 3.30. The van der Waals surface area contributed by atoms with Gasteiger partial charge in [-0.25, -0.2) is 0 Å². The highest BCUT2D eigenvalue weighted by Crippen LogP contribution is 2.28. The summed E-state index contributed by atoms with van der Waals surface area (Å²) in [5, 5.41) is 18.4. The van der Waals surface area contributed by atoms with Gasteiger partial charge in [-0.2, -0.15) is 5.26 Å². The third-order valence-corrected chi connectivity index (χ3v) is 3.30. The number of rotatable bonds is 2. The largest absolute Gasteiger partial charge is 0.396 e. The zero-order chi connectivity index (χ0) is 12.4. The molecular formula is C13H17N3O. The van der Waals surface area contributed by atoms with E-state index in [4.69, 9.17) is 5.11 Å². The van der Waals surface area contributed by atoms with E-state index < -0.39 is 0 Å². The van der Waals surface area contributed by atoms with E-state index in [1.54, 1.807) is 0 Å². The Hall–Kier alpha value is -1.60. The van der Waals surface area contributed by atoms with E-state index >= 15 is 0 Å². The molecule has 17 heavy (non-hydrogen) atoms. The fourth-order valence-electron chi connectivity index (χ4n) is 2.40. The van der Waals surface area contributed by atoms with Crippen LogP contribution in [-0.4, -0.2) is 29.8 Å². The summed E-state index contributed by atoms with van der Waals surface area (Å²) in [6, 6.07) is 4.20. The molecule has 0 saturated carbocycles. The summed E-state index contributed by atoms with van der Waals surface area (Å²) >= 11 is 0. The van der Waals surface area contributed by atoms with Gasteiger partial charge in [-0.1, -0.05) is 0 Å². The predicted octanol–water partition coefficient (Wildman–Crippen LogP) is 1.39. The number of anilines is 1. The van der Waals surface area contributed by atoms with E-state index in [0.717, 1.165) is 36.6 Å². The molecule has 1 aliphatic rings. The minimum absolute atomic E-state index is 0.224. The Morgan fingerprint density at radius 2 is 2.35 bits per heavy atom. The summed E-state index contributed by atoms with van der Waals surface area (Å²) in [5.74, 6) is 0.329. The van der Waals surface area contributed by atoms with Gasteiger partial charge < -0.3 is 10.0 Å². The first-order chi connectivity index (χ1) is 8.15. The summed E-state index contributed by atoms with van der Waals surface area (Å²) in [5.41, 5.74) is 3.35. The van der Waals surface area contributed by atoms with Gasteiger partial charge in [0.25, 0.3) is 0 Å². The van der Waals surface area contributed by atoms with Gasteiger partial charge >= 0.3 is 0 Å². The van der Waals surface area contributed by atoms with Gasteiger partial charge in [-0.15, -0.1) is 0 Å². The average molecular weight is 231 g/mol. The van der Waals surface area contributed by atoms with Crippen molar-refractivity contribution in [2.24, 2.45) is 5.92 Å². The molecular weight excluding hydrogens is 214 g/mol. The first kappa shape index (κ1) is 11.9. The van der Waals surface area contributed by atoms with E-state index in [1.807, 2.05) is 19.9 Å². The highest BCUT2D eigenvalue weighted by atomic mass is 16.3. The first-order valence-corrected chi connectivity index (χ1v) is 5.90. The first-order valence-electron chi connectivity index (χ1n) is 5.90. The molecule has 1 saturated heterocycles. The summed E-state index contributed by atoms with van der Waals surface area (Å²) in [4.78, 5) is 6.50. The van der Waals surface area contributed by atoms with Gasteiger partial charge in [0, 0.05) is 31.3 Å². The van der Waals surface area contributed by atoms with Gasteiger partial charge in [0.2, 0.25) is 0 Å². The Labute approximate surface area is 102 Å². The molecule has 1 atom stereocenters. The smallest absolute Gasteiger partial charge is 0.103 e. The molecule has 0 bridgehead atoms. The fraction of sp³-hybridized carbons (Fsp3) is 0.538. The maximum atomic E-state index is 9.21. The predicted molar refractivity (Wildman–Crippen MR) is 65.8 cm³/mol. The molecule has 0 radical (unpaired) electrons. The van der Waals surface area contributed by atoms with Crippen molar-refractivity contribution in [2.45, 2.75) is 20.3 Å². The molecule has 1 N–H and O–H groups in total. The maximum Gasteiger partial charge on any atom is 0.103 e. The Kier molecular flexibility index (Phi) is 3.30. The Morgan fingerprint density at radius 1 is 1.59 bits per heavy atom. The third kappa shape index (κ3) is 2.25. The van der Waals surface area contributed by atoms with Crippen LogP contribution < -0.4 is 4.90 Å². The van der Waals surface area contributed by atoms with Crippen molar-refractivity contribution in [1.82, 2.24) is 4.98 Å². The van der Waals surface area contributed by atoms with E-state index in [0.29, 0.717) is 11.5 Å². The molecule has 1 aromatic rings. The van der Waals surface area contributed by atoms with E-state index in [2.05, 4.69) is 16.0 Å². The summed E-state index contributed by atoms with van der Waals surface area (Å²) in [6.45, 7) is 5.77. The standard InChI is InChI=1S/C13H17N3O/c1-9-5-13(12(6-14)10(2)15-9)16-4-3-11(7-16)8-17/h5,11,17H,3-4,7-8H2,1-2H3. The van der Waals surface area contributed by atoms with E-state index in [1.165, 1.54) is 0 Å². The number of aryl methyl sites for hydroxylation is 2. The minimum atomic E-state index is 0.224. The highest BCUT2D eigenvalue weighted by molar-refractivity contribution is 5.62. The lowest BCUT2D eigenvalue weighted by Gasteiger charge is -2.21. The van der Waals surface area contributed by atoms with Crippen LogP contribution in [0.1, 0.15) is 23.4 Å². The number of aliphatic hydroxyl groups excluding tert-OH is 1. The Bertz CT molecular complexity index is 464. The Morgan fingerprint density at radius 3 is 2.94 bits per heavy atom. The van der Waals surface area contributed by atoms with Gasteiger partial charge in [-0.3, -0.25) is 4.98 Å². The van der Waals surface area contributed by atoms with Gasteiger partial charge in [0.1, 0.15) is 6.07 Å².